The molecule has 0 saturated heterocycles. The Kier molecular flexibility index (Phi) is 3.58. The summed E-state index contributed by atoms with van der Waals surface area (Å²) in [4.78, 5) is 11.5. The lowest BCUT2D eigenvalue weighted by Crippen LogP contribution is -2.27. The zero-order chi connectivity index (χ0) is 16.9. The first-order valence-corrected chi connectivity index (χ1v) is 9.67. The van der Waals surface area contributed by atoms with E-state index in [0.717, 1.165) is 12.8 Å². The zero-order valence-corrected chi connectivity index (χ0v) is 14.2. The number of rotatable bonds is 4. The van der Waals surface area contributed by atoms with E-state index in [-0.39, 0.29) is 16.7 Å². The maximum absolute atomic E-state index is 12.6. The Hall–Kier alpha value is -1.98. The van der Waals surface area contributed by atoms with Crippen LogP contribution < -0.4 is 4.72 Å². The highest BCUT2D eigenvalue weighted by Crippen LogP contribution is 2.54. The lowest BCUT2D eigenvalue weighted by molar-refractivity contribution is 0.101. The van der Waals surface area contributed by atoms with E-state index < -0.39 is 10.0 Å². The molecule has 2 aromatic carbocycles. The quantitative estimate of drug-likeness (QED) is 0.870. The summed E-state index contributed by atoms with van der Waals surface area (Å²) >= 11 is 0. The van der Waals surface area contributed by atoms with Gasteiger partial charge in [-0.25, -0.2) is 13.1 Å². The van der Waals surface area contributed by atoms with Crippen molar-refractivity contribution in [2.45, 2.75) is 36.6 Å². The minimum Gasteiger partial charge on any atom is -0.295 e. The monoisotopic (exact) mass is 341 g/mol. The summed E-state index contributed by atoms with van der Waals surface area (Å²) in [6.07, 6.45) is 2.04. The number of nitrogens with one attached hydrogen (secondary N) is 1. The third-order valence-corrected chi connectivity index (χ3v) is 6.67. The van der Waals surface area contributed by atoms with Crippen LogP contribution in [0, 0.1) is 5.92 Å². The van der Waals surface area contributed by atoms with Crippen molar-refractivity contribution in [3.63, 3.8) is 0 Å². The number of Topliss-reactive ketones (excluding diaryl/α,β-unsaturated/α-hetero) is 1. The molecule has 0 amide bonds. The van der Waals surface area contributed by atoms with E-state index in [1.54, 1.807) is 12.1 Å². The van der Waals surface area contributed by atoms with Gasteiger partial charge < -0.3 is 0 Å². The smallest absolute Gasteiger partial charge is 0.240 e. The van der Waals surface area contributed by atoms with Gasteiger partial charge in [-0.2, -0.15) is 0 Å². The standard InChI is InChI=1S/C19H19NO3S/c1-12(21)13-6-9-15(10-7-13)24(22,23)20-19-17-11-8-14-4-2-3-5-16(14)18(17)19/h2-7,9-10,17-20H,8,11H2,1H3. The van der Waals surface area contributed by atoms with E-state index in [0.29, 0.717) is 17.4 Å². The Balaban J connectivity index is 1.55. The van der Waals surface area contributed by atoms with Crippen LogP contribution in [0.3, 0.4) is 0 Å². The maximum atomic E-state index is 12.6. The van der Waals surface area contributed by atoms with Crippen molar-refractivity contribution in [3.8, 4) is 0 Å². The topological polar surface area (TPSA) is 63.2 Å². The molecule has 124 valence electrons. The third kappa shape index (κ3) is 2.58. The second-order valence-electron chi connectivity index (χ2n) is 6.65. The number of carbonyl (C=O) groups is 1. The van der Waals surface area contributed by atoms with Crippen LogP contribution >= 0.6 is 0 Å². The van der Waals surface area contributed by atoms with Gasteiger partial charge in [0.2, 0.25) is 10.0 Å². The van der Waals surface area contributed by atoms with Crippen molar-refractivity contribution in [1.29, 1.82) is 0 Å². The lowest BCUT2D eigenvalue weighted by Gasteiger charge is -2.13. The molecule has 2 aromatic rings. The first kappa shape index (κ1) is 15.5. The predicted molar refractivity (Wildman–Crippen MR) is 91.6 cm³/mol. The number of carbonyl (C=O) groups excluding carboxylic acids is 1. The fourth-order valence-corrected chi connectivity index (χ4v) is 5.15. The van der Waals surface area contributed by atoms with E-state index in [2.05, 4.69) is 16.9 Å². The highest BCUT2D eigenvalue weighted by molar-refractivity contribution is 7.89. The number of ketones is 1. The second kappa shape index (κ2) is 5.53. The van der Waals surface area contributed by atoms with Crippen LogP contribution in [0.4, 0.5) is 0 Å². The summed E-state index contributed by atoms with van der Waals surface area (Å²) in [6, 6.07) is 14.4. The van der Waals surface area contributed by atoms with E-state index in [9.17, 15) is 13.2 Å². The van der Waals surface area contributed by atoms with Gasteiger partial charge in [0.1, 0.15) is 0 Å². The molecule has 1 saturated carbocycles. The van der Waals surface area contributed by atoms with Crippen LogP contribution in [0.1, 0.15) is 40.7 Å². The lowest BCUT2D eigenvalue weighted by atomic mass is 9.92. The predicted octanol–water partition coefficient (Wildman–Crippen LogP) is 2.90. The molecular weight excluding hydrogens is 322 g/mol. The number of sulfonamides is 1. The molecule has 0 aromatic heterocycles. The van der Waals surface area contributed by atoms with Crippen molar-refractivity contribution < 1.29 is 13.2 Å². The molecule has 0 heterocycles. The van der Waals surface area contributed by atoms with Gasteiger partial charge in [0.05, 0.1) is 4.90 Å². The molecule has 5 heteroatoms. The molecule has 1 N–H and O–H groups in total. The Morgan fingerprint density at radius 3 is 2.50 bits per heavy atom. The molecule has 1 fully saturated rings. The fraction of sp³-hybridized carbons (Fsp3) is 0.316. The van der Waals surface area contributed by atoms with Gasteiger partial charge in [-0.15, -0.1) is 0 Å². The fourth-order valence-electron chi connectivity index (χ4n) is 3.84. The average molecular weight is 341 g/mol. The van der Waals surface area contributed by atoms with E-state index in [4.69, 9.17) is 0 Å². The van der Waals surface area contributed by atoms with Gasteiger partial charge in [-0.1, -0.05) is 36.4 Å². The van der Waals surface area contributed by atoms with Crippen molar-refractivity contribution in [1.82, 2.24) is 4.72 Å². The average Bonchev–Trinajstić information content (AvgIpc) is 3.27. The van der Waals surface area contributed by atoms with Crippen molar-refractivity contribution in [2.75, 3.05) is 0 Å². The summed E-state index contributed by atoms with van der Waals surface area (Å²) in [5.74, 6) is 0.615. The van der Waals surface area contributed by atoms with Crippen LogP contribution in [0.15, 0.2) is 53.4 Å². The summed E-state index contributed by atoms with van der Waals surface area (Å²) in [5.41, 5.74) is 3.14. The molecule has 4 nitrogen and oxygen atoms in total. The van der Waals surface area contributed by atoms with E-state index in [1.165, 1.54) is 30.2 Å². The maximum Gasteiger partial charge on any atom is 0.240 e. The molecule has 3 unspecified atom stereocenters. The van der Waals surface area contributed by atoms with Crippen molar-refractivity contribution >= 4 is 15.8 Å². The third-order valence-electron chi connectivity index (χ3n) is 5.19. The van der Waals surface area contributed by atoms with Gasteiger partial charge in [0.25, 0.3) is 0 Å². The molecule has 2 aliphatic rings. The first-order valence-electron chi connectivity index (χ1n) is 8.18. The molecule has 3 atom stereocenters. The van der Waals surface area contributed by atoms with Crippen LogP contribution in [0.2, 0.25) is 0 Å². The van der Waals surface area contributed by atoms with Gasteiger partial charge in [-0.05, 0) is 48.9 Å². The molecule has 24 heavy (non-hydrogen) atoms. The molecule has 0 aliphatic heterocycles. The number of benzene rings is 2. The molecule has 2 aliphatic carbocycles. The summed E-state index contributed by atoms with van der Waals surface area (Å²) in [5, 5.41) is 0. The number of fused-ring (bicyclic) bond motifs is 3. The van der Waals surface area contributed by atoms with E-state index in [1.807, 2.05) is 12.1 Å². The largest absolute Gasteiger partial charge is 0.295 e. The van der Waals surface area contributed by atoms with Crippen molar-refractivity contribution in [2.24, 2.45) is 5.92 Å². The normalized spacial score (nSPS) is 24.8. The Labute approximate surface area is 142 Å². The molecule has 4 rings (SSSR count). The molecule has 0 spiro atoms. The number of hydrogen-bond donors (Lipinski definition) is 1. The van der Waals surface area contributed by atoms with E-state index >= 15 is 0 Å². The van der Waals surface area contributed by atoms with Gasteiger partial charge in [-0.3, -0.25) is 4.79 Å². The Morgan fingerprint density at radius 1 is 1.08 bits per heavy atom. The van der Waals surface area contributed by atoms with Gasteiger partial charge in [0, 0.05) is 17.5 Å². The molecule has 0 bridgehead atoms. The van der Waals surface area contributed by atoms with Crippen molar-refractivity contribution in [3.05, 3.63) is 65.2 Å². The zero-order valence-electron chi connectivity index (χ0n) is 13.4. The van der Waals surface area contributed by atoms with Crippen LogP contribution in [-0.4, -0.2) is 20.2 Å². The summed E-state index contributed by atoms with van der Waals surface area (Å²) in [6.45, 7) is 1.47. The van der Waals surface area contributed by atoms with Gasteiger partial charge >= 0.3 is 0 Å². The minimum absolute atomic E-state index is 0.0221. The molecular formula is C19H19NO3S. The Bertz CT molecular complexity index is 902. The van der Waals surface area contributed by atoms with Crippen LogP contribution in [-0.2, 0) is 16.4 Å². The number of hydrogen-bond acceptors (Lipinski definition) is 3. The Morgan fingerprint density at radius 2 is 1.79 bits per heavy atom. The highest BCUT2D eigenvalue weighted by Gasteiger charge is 2.54. The SMILES string of the molecule is CC(=O)c1ccc(S(=O)(=O)NC2C3CCc4ccccc4C32)cc1. The number of aryl methyl sites for hydroxylation is 1. The summed E-state index contributed by atoms with van der Waals surface area (Å²) in [7, 11) is -3.56. The minimum atomic E-state index is -3.56. The first-order chi connectivity index (χ1) is 11.5. The van der Waals surface area contributed by atoms with Crippen LogP contribution in [0.5, 0.6) is 0 Å². The highest BCUT2D eigenvalue weighted by atomic mass is 32.2. The van der Waals surface area contributed by atoms with Gasteiger partial charge in [0.15, 0.2) is 5.78 Å². The molecule has 0 radical (unpaired) electrons. The second-order valence-corrected chi connectivity index (χ2v) is 8.37. The van der Waals surface area contributed by atoms with Crippen LogP contribution in [0.25, 0.3) is 0 Å². The summed E-state index contributed by atoms with van der Waals surface area (Å²) < 4.78 is 28.1.